The summed E-state index contributed by atoms with van der Waals surface area (Å²) in [5.41, 5.74) is 2.52. The lowest BCUT2D eigenvalue weighted by molar-refractivity contribution is -0.122. The van der Waals surface area contributed by atoms with Gasteiger partial charge < -0.3 is 14.6 Å². The molecule has 0 unspecified atom stereocenters. The summed E-state index contributed by atoms with van der Waals surface area (Å²) in [5, 5.41) is 9.62. The Morgan fingerprint density at radius 3 is 2.43 bits per heavy atom. The number of hydrogen-bond donors (Lipinski definition) is 1. The maximum Gasteiger partial charge on any atom is 0.335 e. The number of thioether (sulfide) groups is 1. The number of amidine groups is 1. The number of hydrogen-bond acceptors (Lipinski definition) is 6. The molecule has 0 atom stereocenters. The summed E-state index contributed by atoms with van der Waals surface area (Å²) in [6.07, 6.45) is 1.79. The molecule has 3 aromatic rings. The van der Waals surface area contributed by atoms with E-state index in [1.165, 1.54) is 23.9 Å². The highest BCUT2D eigenvalue weighted by atomic mass is 79.9. The third-order valence-electron chi connectivity index (χ3n) is 5.39. The third kappa shape index (κ3) is 6.44. The molecule has 1 amide bonds. The van der Waals surface area contributed by atoms with Crippen molar-refractivity contribution in [2.24, 2.45) is 4.99 Å². The standard InChI is InChI=1S/C27H22Br2N2O5S/c1-3-31-25(32)23(37-27(31)30-20-10-6-18(7-11-20)26(33)34)14-17-12-21(29)24(22(13-17)35-2)36-15-16-4-8-19(28)9-5-16/h4-14H,3,15H2,1-2H3,(H,33,34)/b23-14-,30-27?. The minimum atomic E-state index is -1.00. The first kappa shape index (κ1) is 27.0. The molecule has 1 fully saturated rings. The summed E-state index contributed by atoms with van der Waals surface area (Å²) in [5.74, 6) is -0.0517. The number of carbonyl (C=O) groups excluding carboxylic acids is 1. The zero-order chi connectivity index (χ0) is 26.5. The summed E-state index contributed by atoms with van der Waals surface area (Å²) < 4.78 is 13.3. The van der Waals surface area contributed by atoms with Gasteiger partial charge in [0.15, 0.2) is 16.7 Å². The molecule has 1 heterocycles. The number of carboxylic acids is 1. The number of aliphatic imine (C=N–C) groups is 1. The summed E-state index contributed by atoms with van der Waals surface area (Å²) in [4.78, 5) is 30.8. The summed E-state index contributed by atoms with van der Waals surface area (Å²) in [6, 6.07) is 17.8. The molecular weight excluding hydrogens is 624 g/mol. The van der Waals surface area contributed by atoms with Gasteiger partial charge in [-0.25, -0.2) is 9.79 Å². The first-order chi connectivity index (χ1) is 17.8. The van der Waals surface area contributed by atoms with Crippen LogP contribution in [0.3, 0.4) is 0 Å². The number of nitrogens with zero attached hydrogens (tertiary/aromatic N) is 2. The van der Waals surface area contributed by atoms with Crippen LogP contribution in [0.25, 0.3) is 6.08 Å². The van der Waals surface area contributed by atoms with Crippen molar-refractivity contribution in [3.8, 4) is 11.5 Å². The van der Waals surface area contributed by atoms with E-state index in [9.17, 15) is 9.59 Å². The van der Waals surface area contributed by atoms with Crippen LogP contribution < -0.4 is 9.47 Å². The largest absolute Gasteiger partial charge is 0.493 e. The predicted molar refractivity (Wildman–Crippen MR) is 153 cm³/mol. The van der Waals surface area contributed by atoms with Crippen molar-refractivity contribution in [3.63, 3.8) is 0 Å². The summed E-state index contributed by atoms with van der Waals surface area (Å²) in [6.45, 7) is 2.70. The Morgan fingerprint density at radius 2 is 1.81 bits per heavy atom. The first-order valence-corrected chi connectivity index (χ1v) is 13.6. The van der Waals surface area contributed by atoms with E-state index in [1.54, 1.807) is 30.2 Å². The Hall–Kier alpha value is -3.08. The third-order valence-corrected chi connectivity index (χ3v) is 7.51. The monoisotopic (exact) mass is 644 g/mol. The van der Waals surface area contributed by atoms with E-state index in [2.05, 4.69) is 36.9 Å². The number of carbonyl (C=O) groups is 2. The summed E-state index contributed by atoms with van der Waals surface area (Å²) >= 11 is 8.27. The fourth-order valence-corrected chi connectivity index (χ4v) is 5.41. The fourth-order valence-electron chi connectivity index (χ4n) is 3.51. The molecule has 0 aliphatic carbocycles. The number of aromatic carboxylic acids is 1. The van der Waals surface area contributed by atoms with Crippen LogP contribution in [0.4, 0.5) is 5.69 Å². The molecule has 4 rings (SSSR count). The highest BCUT2D eigenvalue weighted by molar-refractivity contribution is 9.10. The second-order valence-corrected chi connectivity index (χ2v) is 10.6. The molecule has 7 nitrogen and oxygen atoms in total. The van der Waals surface area contributed by atoms with Gasteiger partial charge >= 0.3 is 5.97 Å². The van der Waals surface area contributed by atoms with Gasteiger partial charge in [0.25, 0.3) is 5.91 Å². The zero-order valence-electron chi connectivity index (χ0n) is 19.9. The quantitative estimate of drug-likeness (QED) is 0.263. The van der Waals surface area contributed by atoms with Crippen molar-refractivity contribution in [3.05, 3.63) is 91.2 Å². The SMILES string of the molecule is CCN1C(=O)/C(=C/c2cc(Br)c(OCc3ccc(Br)cc3)c(OC)c2)SC1=Nc1ccc(C(=O)O)cc1. The van der Waals surface area contributed by atoms with Gasteiger partial charge in [0.2, 0.25) is 0 Å². The average molecular weight is 646 g/mol. The van der Waals surface area contributed by atoms with E-state index in [1.807, 2.05) is 43.3 Å². The van der Waals surface area contributed by atoms with Gasteiger partial charge in [-0.05, 0) is 100 Å². The highest BCUT2D eigenvalue weighted by Gasteiger charge is 2.32. The van der Waals surface area contributed by atoms with Gasteiger partial charge in [0, 0.05) is 11.0 Å². The Balaban J connectivity index is 1.57. The van der Waals surface area contributed by atoms with Crippen LogP contribution in [-0.2, 0) is 11.4 Å². The van der Waals surface area contributed by atoms with E-state index in [-0.39, 0.29) is 11.5 Å². The van der Waals surface area contributed by atoms with Crippen molar-refractivity contribution >= 4 is 72.4 Å². The minimum absolute atomic E-state index is 0.154. The molecule has 10 heteroatoms. The molecule has 3 aromatic carbocycles. The second-order valence-electron chi connectivity index (χ2n) is 7.86. The van der Waals surface area contributed by atoms with Gasteiger partial charge in [-0.2, -0.15) is 0 Å². The van der Waals surface area contributed by atoms with E-state index in [0.717, 1.165) is 15.6 Å². The number of methoxy groups -OCH3 is 1. The van der Waals surface area contributed by atoms with Crippen LogP contribution in [0.1, 0.15) is 28.4 Å². The molecule has 37 heavy (non-hydrogen) atoms. The van der Waals surface area contributed by atoms with E-state index in [4.69, 9.17) is 14.6 Å². The lowest BCUT2D eigenvalue weighted by Gasteiger charge is -2.14. The molecular formula is C27H22Br2N2O5S. The van der Waals surface area contributed by atoms with Gasteiger partial charge in [0.05, 0.1) is 27.7 Å². The topological polar surface area (TPSA) is 88.4 Å². The number of rotatable bonds is 8. The van der Waals surface area contributed by atoms with Gasteiger partial charge in [-0.3, -0.25) is 9.69 Å². The molecule has 0 aromatic heterocycles. The van der Waals surface area contributed by atoms with Crippen molar-refractivity contribution < 1.29 is 24.2 Å². The molecule has 190 valence electrons. The number of halogens is 2. The number of carboxylic acid groups (broad SMARTS) is 1. The predicted octanol–water partition coefficient (Wildman–Crippen LogP) is 7.12. The maximum atomic E-state index is 13.1. The van der Waals surface area contributed by atoms with Crippen LogP contribution in [0.15, 0.2) is 79.5 Å². The maximum absolute atomic E-state index is 13.1. The second kappa shape index (κ2) is 12.0. The van der Waals surface area contributed by atoms with Crippen molar-refractivity contribution in [1.82, 2.24) is 4.90 Å². The van der Waals surface area contributed by atoms with Gasteiger partial charge in [0.1, 0.15) is 6.61 Å². The Bertz CT molecular complexity index is 1390. The Labute approximate surface area is 235 Å². The normalized spacial score (nSPS) is 15.5. The van der Waals surface area contributed by atoms with Crippen molar-refractivity contribution in [1.29, 1.82) is 0 Å². The van der Waals surface area contributed by atoms with Gasteiger partial charge in [-0.1, -0.05) is 28.1 Å². The first-order valence-electron chi connectivity index (χ1n) is 11.2. The van der Waals surface area contributed by atoms with E-state index in [0.29, 0.717) is 44.9 Å². The fraction of sp³-hybridized carbons (Fsp3) is 0.148. The molecule has 0 saturated carbocycles. The van der Waals surface area contributed by atoms with Gasteiger partial charge in [-0.15, -0.1) is 0 Å². The van der Waals surface area contributed by atoms with Crippen LogP contribution in [-0.4, -0.2) is 40.7 Å². The molecule has 0 bridgehead atoms. The number of amides is 1. The molecule has 1 N–H and O–H groups in total. The molecule has 0 radical (unpaired) electrons. The minimum Gasteiger partial charge on any atom is -0.493 e. The summed E-state index contributed by atoms with van der Waals surface area (Å²) in [7, 11) is 1.57. The van der Waals surface area contributed by atoms with Crippen LogP contribution in [0.5, 0.6) is 11.5 Å². The van der Waals surface area contributed by atoms with E-state index >= 15 is 0 Å². The molecule has 1 aliphatic rings. The highest BCUT2D eigenvalue weighted by Crippen LogP contribution is 2.40. The number of benzene rings is 3. The number of likely N-dealkylation sites (N-methyl/N-ethyl adjacent to an activating group) is 1. The van der Waals surface area contributed by atoms with Crippen LogP contribution >= 0.6 is 43.6 Å². The molecule has 1 aliphatic heterocycles. The average Bonchev–Trinajstić information content (AvgIpc) is 3.17. The zero-order valence-corrected chi connectivity index (χ0v) is 23.9. The smallest absolute Gasteiger partial charge is 0.335 e. The molecule has 1 saturated heterocycles. The van der Waals surface area contributed by atoms with E-state index < -0.39 is 5.97 Å². The van der Waals surface area contributed by atoms with Crippen LogP contribution in [0.2, 0.25) is 0 Å². The van der Waals surface area contributed by atoms with Crippen molar-refractivity contribution in [2.45, 2.75) is 13.5 Å². The van der Waals surface area contributed by atoms with Crippen molar-refractivity contribution in [2.75, 3.05) is 13.7 Å². The Kier molecular flexibility index (Phi) is 8.73. The lowest BCUT2D eigenvalue weighted by Crippen LogP contribution is -2.28. The lowest BCUT2D eigenvalue weighted by atomic mass is 10.1. The number of ether oxygens (including phenoxy) is 2. The molecule has 0 spiro atoms. The Morgan fingerprint density at radius 1 is 1.11 bits per heavy atom. The van der Waals surface area contributed by atoms with Crippen LogP contribution in [0, 0.1) is 0 Å².